The van der Waals surface area contributed by atoms with Crippen LogP contribution >= 0.6 is 11.6 Å². The minimum absolute atomic E-state index is 0.0711. The van der Waals surface area contributed by atoms with Crippen molar-refractivity contribution in [2.75, 3.05) is 0 Å². The van der Waals surface area contributed by atoms with Crippen molar-refractivity contribution in [2.24, 2.45) is 0 Å². The lowest BCUT2D eigenvalue weighted by atomic mass is 10.0. The molecular formula is C31H29ClN2O2. The van der Waals surface area contributed by atoms with Gasteiger partial charge in [-0.05, 0) is 40.8 Å². The summed E-state index contributed by atoms with van der Waals surface area (Å²) < 4.78 is 0. The highest BCUT2D eigenvalue weighted by atomic mass is 35.5. The van der Waals surface area contributed by atoms with Crippen molar-refractivity contribution in [3.8, 4) is 0 Å². The topological polar surface area (TPSA) is 49.4 Å². The molecule has 0 heterocycles. The Morgan fingerprint density at radius 3 is 1.86 bits per heavy atom. The van der Waals surface area contributed by atoms with Crippen LogP contribution in [0.2, 0.25) is 5.02 Å². The van der Waals surface area contributed by atoms with Crippen molar-refractivity contribution in [3.05, 3.63) is 143 Å². The molecule has 0 aliphatic carbocycles. The molecule has 0 spiro atoms. The van der Waals surface area contributed by atoms with Gasteiger partial charge in [0.2, 0.25) is 11.8 Å². The molecule has 0 fully saturated rings. The molecule has 0 aliphatic rings. The van der Waals surface area contributed by atoms with E-state index in [-0.39, 0.29) is 11.8 Å². The third kappa shape index (κ3) is 7.06. The molecule has 0 aliphatic heterocycles. The van der Waals surface area contributed by atoms with Crippen molar-refractivity contribution in [3.63, 3.8) is 0 Å². The van der Waals surface area contributed by atoms with Crippen LogP contribution in [0.4, 0.5) is 0 Å². The molecule has 4 aromatic rings. The number of hydrogen-bond acceptors (Lipinski definition) is 2. The lowest BCUT2D eigenvalue weighted by Gasteiger charge is -2.32. The molecule has 1 N–H and O–H groups in total. The molecule has 5 heteroatoms. The van der Waals surface area contributed by atoms with Gasteiger partial charge in [-0.1, -0.05) is 115 Å². The lowest BCUT2D eigenvalue weighted by molar-refractivity contribution is -0.141. The number of amides is 2. The van der Waals surface area contributed by atoms with Gasteiger partial charge in [0.15, 0.2) is 0 Å². The van der Waals surface area contributed by atoms with Gasteiger partial charge in [-0.2, -0.15) is 0 Å². The Labute approximate surface area is 217 Å². The van der Waals surface area contributed by atoms with Crippen molar-refractivity contribution in [2.45, 2.75) is 32.0 Å². The molecule has 4 rings (SSSR count). The van der Waals surface area contributed by atoms with Gasteiger partial charge in [-0.25, -0.2) is 0 Å². The van der Waals surface area contributed by atoms with Crippen molar-refractivity contribution >= 4 is 23.4 Å². The number of carbonyl (C=O) groups is 2. The van der Waals surface area contributed by atoms with E-state index in [1.54, 1.807) is 17.0 Å². The Balaban J connectivity index is 1.61. The van der Waals surface area contributed by atoms with Crippen LogP contribution in [0.1, 0.15) is 34.7 Å². The van der Waals surface area contributed by atoms with Crippen molar-refractivity contribution in [1.29, 1.82) is 0 Å². The van der Waals surface area contributed by atoms with Crippen LogP contribution in [-0.4, -0.2) is 16.7 Å². The molecule has 4 nitrogen and oxygen atoms in total. The molecule has 4 aromatic carbocycles. The Bertz CT molecular complexity index is 1250. The van der Waals surface area contributed by atoms with E-state index in [1.807, 2.05) is 103 Å². The third-order valence-electron chi connectivity index (χ3n) is 6.04. The first kappa shape index (κ1) is 25.2. The highest BCUT2D eigenvalue weighted by molar-refractivity contribution is 6.30. The lowest BCUT2D eigenvalue weighted by Crippen LogP contribution is -2.43. The molecule has 0 saturated carbocycles. The standard InChI is InChI=1S/C31H29ClN2O2/c32-28-19-16-25(17-20-28)22-33-31(36)30(27-14-8-3-9-15-27)34(23-26-12-6-2-7-13-26)29(35)21-18-24-10-4-1-5-11-24/h1-17,19-20,30H,18,21-23H2,(H,33,36)/t30-/m0/s1. The summed E-state index contributed by atoms with van der Waals surface area (Å²) in [5, 5.41) is 3.68. The average molecular weight is 497 g/mol. The van der Waals surface area contributed by atoms with Gasteiger partial charge in [-0.3, -0.25) is 9.59 Å². The normalized spacial score (nSPS) is 11.5. The van der Waals surface area contributed by atoms with Gasteiger partial charge in [0.25, 0.3) is 0 Å². The number of nitrogens with one attached hydrogen (secondary N) is 1. The first-order valence-corrected chi connectivity index (χ1v) is 12.4. The van der Waals surface area contributed by atoms with Crippen molar-refractivity contribution < 1.29 is 9.59 Å². The highest BCUT2D eigenvalue weighted by Crippen LogP contribution is 2.25. The Kier molecular flexibility index (Phi) is 8.90. The highest BCUT2D eigenvalue weighted by Gasteiger charge is 2.31. The monoisotopic (exact) mass is 496 g/mol. The molecule has 1 atom stereocenters. The molecule has 0 radical (unpaired) electrons. The fourth-order valence-corrected chi connectivity index (χ4v) is 4.27. The van der Waals surface area contributed by atoms with E-state index >= 15 is 0 Å². The minimum Gasteiger partial charge on any atom is -0.350 e. The van der Waals surface area contributed by atoms with E-state index in [0.29, 0.717) is 31.0 Å². The van der Waals surface area contributed by atoms with Gasteiger partial charge in [-0.15, -0.1) is 0 Å². The third-order valence-corrected chi connectivity index (χ3v) is 6.29. The Hall–Kier alpha value is -3.89. The van der Waals surface area contributed by atoms with Crippen LogP contribution in [0.5, 0.6) is 0 Å². The largest absolute Gasteiger partial charge is 0.350 e. The maximum atomic E-state index is 13.7. The Morgan fingerprint density at radius 2 is 1.25 bits per heavy atom. The van der Waals surface area contributed by atoms with E-state index in [4.69, 9.17) is 11.6 Å². The fraction of sp³-hybridized carbons (Fsp3) is 0.161. The van der Waals surface area contributed by atoms with Crippen molar-refractivity contribution in [1.82, 2.24) is 10.2 Å². The molecule has 182 valence electrons. The van der Waals surface area contributed by atoms with Crippen LogP contribution in [0, 0.1) is 0 Å². The van der Waals surface area contributed by atoms with E-state index < -0.39 is 6.04 Å². The molecule has 0 bridgehead atoms. The number of carbonyl (C=O) groups excluding carboxylic acids is 2. The summed E-state index contributed by atoms with van der Waals surface area (Å²) in [6.45, 7) is 0.680. The van der Waals surface area contributed by atoms with Crippen LogP contribution in [-0.2, 0) is 29.1 Å². The summed E-state index contributed by atoms with van der Waals surface area (Å²) in [6, 6.07) is 35.8. The second-order valence-electron chi connectivity index (χ2n) is 8.65. The summed E-state index contributed by atoms with van der Waals surface area (Å²) in [4.78, 5) is 29.0. The Morgan fingerprint density at radius 1 is 0.694 bits per heavy atom. The summed E-state index contributed by atoms with van der Waals surface area (Å²) >= 11 is 6.00. The van der Waals surface area contributed by atoms with Crippen LogP contribution in [0.15, 0.2) is 115 Å². The molecule has 0 unspecified atom stereocenters. The number of nitrogens with zero attached hydrogens (tertiary/aromatic N) is 1. The molecule has 0 aromatic heterocycles. The van der Waals surface area contributed by atoms with E-state index in [1.165, 1.54) is 0 Å². The summed E-state index contributed by atoms with van der Waals surface area (Å²) in [5.41, 5.74) is 3.77. The molecule has 2 amide bonds. The number of rotatable bonds is 10. The van der Waals surface area contributed by atoms with Gasteiger partial charge in [0, 0.05) is 24.5 Å². The predicted octanol–water partition coefficient (Wildman–Crippen LogP) is 6.36. The first-order valence-electron chi connectivity index (χ1n) is 12.0. The molecule has 36 heavy (non-hydrogen) atoms. The fourth-order valence-electron chi connectivity index (χ4n) is 4.14. The van der Waals surface area contributed by atoms with Crippen LogP contribution in [0.3, 0.4) is 0 Å². The number of halogens is 1. The van der Waals surface area contributed by atoms with Crippen LogP contribution in [0.25, 0.3) is 0 Å². The summed E-state index contributed by atoms with van der Waals surface area (Å²) in [5.74, 6) is -0.293. The van der Waals surface area contributed by atoms with Gasteiger partial charge >= 0.3 is 0 Å². The second-order valence-corrected chi connectivity index (χ2v) is 9.09. The van der Waals surface area contributed by atoms with E-state index in [9.17, 15) is 9.59 Å². The van der Waals surface area contributed by atoms with Gasteiger partial charge in [0.05, 0.1) is 0 Å². The minimum atomic E-state index is -0.762. The van der Waals surface area contributed by atoms with E-state index in [2.05, 4.69) is 5.32 Å². The van der Waals surface area contributed by atoms with Crippen LogP contribution < -0.4 is 5.32 Å². The average Bonchev–Trinajstić information content (AvgIpc) is 2.93. The van der Waals surface area contributed by atoms with Gasteiger partial charge in [0.1, 0.15) is 6.04 Å². The number of hydrogen-bond donors (Lipinski definition) is 1. The predicted molar refractivity (Wildman–Crippen MR) is 144 cm³/mol. The number of benzene rings is 4. The zero-order valence-corrected chi connectivity index (χ0v) is 20.8. The SMILES string of the molecule is O=C(NCc1ccc(Cl)cc1)[C@H](c1ccccc1)N(Cc1ccccc1)C(=O)CCc1ccccc1. The molecular weight excluding hydrogens is 468 g/mol. The first-order chi connectivity index (χ1) is 17.6. The smallest absolute Gasteiger partial charge is 0.247 e. The quantitative estimate of drug-likeness (QED) is 0.278. The van der Waals surface area contributed by atoms with E-state index in [0.717, 1.165) is 22.3 Å². The zero-order chi connectivity index (χ0) is 25.2. The molecule has 0 saturated heterocycles. The maximum absolute atomic E-state index is 13.7. The maximum Gasteiger partial charge on any atom is 0.247 e. The van der Waals surface area contributed by atoms with Gasteiger partial charge < -0.3 is 10.2 Å². The zero-order valence-electron chi connectivity index (χ0n) is 20.0. The summed E-state index contributed by atoms with van der Waals surface area (Å²) in [6.07, 6.45) is 0.920. The number of aryl methyl sites for hydroxylation is 1. The summed E-state index contributed by atoms with van der Waals surface area (Å²) in [7, 11) is 0. The second kappa shape index (κ2) is 12.7.